The molecule has 3 nitrogen and oxygen atoms in total. The molecule has 0 spiro atoms. The van der Waals surface area contributed by atoms with Crippen LogP contribution < -0.4 is 0 Å². The third-order valence-electron chi connectivity index (χ3n) is 4.66. The van der Waals surface area contributed by atoms with Gasteiger partial charge in [-0.25, -0.2) is 4.79 Å². The van der Waals surface area contributed by atoms with Gasteiger partial charge in [0.2, 0.25) is 0 Å². The minimum absolute atomic E-state index is 0.127. The van der Waals surface area contributed by atoms with Gasteiger partial charge in [0.05, 0.1) is 12.0 Å². The van der Waals surface area contributed by atoms with Crippen LogP contribution in [0.3, 0.4) is 0 Å². The van der Waals surface area contributed by atoms with E-state index in [-0.39, 0.29) is 18.0 Å². The van der Waals surface area contributed by atoms with E-state index in [1.54, 1.807) is 11.3 Å². The summed E-state index contributed by atoms with van der Waals surface area (Å²) in [7, 11) is 0. The number of nitriles is 1. The van der Waals surface area contributed by atoms with Gasteiger partial charge in [-0.15, -0.1) is 11.3 Å². The van der Waals surface area contributed by atoms with Crippen molar-refractivity contribution in [3.05, 3.63) is 21.4 Å². The lowest BCUT2D eigenvalue weighted by Crippen LogP contribution is -2.29. The van der Waals surface area contributed by atoms with Gasteiger partial charge in [0.15, 0.2) is 0 Å². The van der Waals surface area contributed by atoms with E-state index in [9.17, 15) is 4.79 Å². The summed E-state index contributed by atoms with van der Waals surface area (Å²) in [5, 5.41) is 9.17. The molecule has 0 bridgehead atoms. The molecule has 0 aliphatic heterocycles. The van der Waals surface area contributed by atoms with Crippen molar-refractivity contribution in [1.29, 1.82) is 5.26 Å². The Morgan fingerprint density at radius 2 is 2.19 bits per heavy atom. The highest BCUT2D eigenvalue weighted by atomic mass is 32.1. The molecular weight excluding hydrogens is 282 g/mol. The van der Waals surface area contributed by atoms with Crippen molar-refractivity contribution in [3.63, 3.8) is 0 Å². The molecule has 112 valence electrons. The van der Waals surface area contributed by atoms with E-state index < -0.39 is 0 Å². The number of fused-ring (bicyclic) bond motifs is 1. The Morgan fingerprint density at radius 3 is 3.00 bits per heavy atom. The predicted molar refractivity (Wildman–Crippen MR) is 82.3 cm³/mol. The lowest BCUT2D eigenvalue weighted by molar-refractivity contribution is 0.0113. The van der Waals surface area contributed by atoms with Crippen LogP contribution in [0.25, 0.3) is 0 Å². The normalized spacial score (nSPS) is 28.5. The monoisotopic (exact) mass is 303 g/mol. The zero-order valence-electron chi connectivity index (χ0n) is 12.4. The standard InChI is InChI=1S/C17H21NO2S/c1-11-6-7-15-13(8-11)9-16(21-15)17(19)20-14-5-3-2-4-12(14)10-18/h9,11-12,14H,2-8H2,1H3/t11-,12+,14-/m1/s1. The molecule has 2 aliphatic carbocycles. The van der Waals surface area contributed by atoms with Gasteiger partial charge in [-0.3, -0.25) is 0 Å². The van der Waals surface area contributed by atoms with Gasteiger partial charge in [-0.05, 0) is 56.1 Å². The molecule has 3 rings (SSSR count). The Bertz CT molecular complexity index is 572. The highest BCUT2D eigenvalue weighted by Gasteiger charge is 2.29. The lowest BCUT2D eigenvalue weighted by Gasteiger charge is -2.26. The molecule has 0 radical (unpaired) electrons. The first-order chi connectivity index (χ1) is 10.2. The molecule has 0 aromatic carbocycles. The van der Waals surface area contributed by atoms with E-state index in [0.717, 1.165) is 43.4 Å². The zero-order valence-corrected chi connectivity index (χ0v) is 13.2. The van der Waals surface area contributed by atoms with E-state index in [1.807, 2.05) is 6.07 Å². The average Bonchev–Trinajstić information content (AvgIpc) is 2.91. The molecule has 0 unspecified atom stereocenters. The molecule has 1 saturated carbocycles. The van der Waals surface area contributed by atoms with Gasteiger partial charge in [-0.1, -0.05) is 13.3 Å². The second kappa shape index (κ2) is 6.19. The average molecular weight is 303 g/mol. The van der Waals surface area contributed by atoms with Crippen LogP contribution in [0.5, 0.6) is 0 Å². The molecule has 0 amide bonds. The van der Waals surface area contributed by atoms with E-state index in [0.29, 0.717) is 5.92 Å². The van der Waals surface area contributed by atoms with Crippen LogP contribution in [-0.2, 0) is 17.6 Å². The number of thiophene rings is 1. The highest BCUT2D eigenvalue weighted by molar-refractivity contribution is 7.14. The number of carbonyl (C=O) groups is 1. The largest absolute Gasteiger partial charge is 0.457 e. The Morgan fingerprint density at radius 1 is 1.38 bits per heavy atom. The molecule has 4 heteroatoms. The van der Waals surface area contributed by atoms with Gasteiger partial charge in [-0.2, -0.15) is 5.26 Å². The van der Waals surface area contributed by atoms with Crippen molar-refractivity contribution in [2.45, 2.75) is 58.0 Å². The lowest BCUT2D eigenvalue weighted by atomic mass is 9.87. The van der Waals surface area contributed by atoms with Crippen molar-refractivity contribution < 1.29 is 9.53 Å². The van der Waals surface area contributed by atoms with E-state index in [2.05, 4.69) is 13.0 Å². The molecule has 1 heterocycles. The van der Waals surface area contributed by atoms with Crippen molar-refractivity contribution in [2.24, 2.45) is 11.8 Å². The minimum Gasteiger partial charge on any atom is -0.457 e. The molecule has 3 atom stereocenters. The quantitative estimate of drug-likeness (QED) is 0.772. The second-order valence-electron chi connectivity index (χ2n) is 6.37. The first-order valence-corrected chi connectivity index (χ1v) is 8.71. The van der Waals surface area contributed by atoms with E-state index in [1.165, 1.54) is 16.9 Å². The zero-order chi connectivity index (χ0) is 14.8. The Hall–Kier alpha value is -1.34. The smallest absolute Gasteiger partial charge is 0.348 e. The maximum atomic E-state index is 12.4. The van der Waals surface area contributed by atoms with Gasteiger partial charge in [0.25, 0.3) is 0 Å². The van der Waals surface area contributed by atoms with Gasteiger partial charge >= 0.3 is 5.97 Å². The summed E-state index contributed by atoms with van der Waals surface area (Å²) in [5.41, 5.74) is 1.33. The summed E-state index contributed by atoms with van der Waals surface area (Å²) >= 11 is 1.59. The summed E-state index contributed by atoms with van der Waals surface area (Å²) in [6.45, 7) is 2.26. The van der Waals surface area contributed by atoms with Crippen LogP contribution in [0.4, 0.5) is 0 Å². The van der Waals surface area contributed by atoms with Gasteiger partial charge < -0.3 is 4.74 Å². The maximum absolute atomic E-state index is 12.4. The molecule has 1 aromatic heterocycles. The van der Waals surface area contributed by atoms with E-state index in [4.69, 9.17) is 10.00 Å². The summed E-state index contributed by atoms with van der Waals surface area (Å²) in [4.78, 5) is 14.4. The van der Waals surface area contributed by atoms with E-state index >= 15 is 0 Å². The number of nitrogens with zero attached hydrogens (tertiary/aromatic N) is 1. The molecule has 2 aliphatic rings. The van der Waals surface area contributed by atoms with Crippen molar-refractivity contribution >= 4 is 17.3 Å². The predicted octanol–water partition coefficient (Wildman–Crippen LogP) is 4.11. The van der Waals surface area contributed by atoms with Gasteiger partial charge in [0.1, 0.15) is 11.0 Å². The fraction of sp³-hybridized carbons (Fsp3) is 0.647. The third-order valence-corrected chi connectivity index (χ3v) is 5.87. The van der Waals surface area contributed by atoms with Crippen LogP contribution in [0.1, 0.15) is 59.1 Å². The Balaban J connectivity index is 1.69. The van der Waals surface area contributed by atoms with Crippen molar-refractivity contribution in [3.8, 4) is 6.07 Å². The summed E-state index contributed by atoms with van der Waals surface area (Å²) in [6, 6.07) is 4.31. The number of carbonyl (C=O) groups excluding carboxylic acids is 1. The molecular formula is C17H21NO2S. The first-order valence-electron chi connectivity index (χ1n) is 7.89. The first kappa shape index (κ1) is 14.6. The topological polar surface area (TPSA) is 50.1 Å². The molecule has 21 heavy (non-hydrogen) atoms. The Labute approximate surface area is 129 Å². The number of rotatable bonds is 2. The Kier molecular flexibility index (Phi) is 4.30. The fourth-order valence-corrected chi connectivity index (χ4v) is 4.48. The van der Waals surface area contributed by atoms with Crippen LogP contribution in [-0.4, -0.2) is 12.1 Å². The minimum atomic E-state index is -0.228. The van der Waals surface area contributed by atoms with Crippen LogP contribution >= 0.6 is 11.3 Å². The van der Waals surface area contributed by atoms with Crippen LogP contribution in [0.15, 0.2) is 6.07 Å². The van der Waals surface area contributed by atoms with Crippen molar-refractivity contribution in [1.82, 2.24) is 0 Å². The molecule has 1 aromatic rings. The number of aryl methyl sites for hydroxylation is 1. The molecule has 0 saturated heterocycles. The number of hydrogen-bond acceptors (Lipinski definition) is 4. The third kappa shape index (κ3) is 3.13. The highest BCUT2D eigenvalue weighted by Crippen LogP contribution is 2.33. The number of hydrogen-bond donors (Lipinski definition) is 0. The summed E-state index contributed by atoms with van der Waals surface area (Å²) in [6.07, 6.45) is 6.95. The number of ether oxygens (including phenoxy) is 1. The van der Waals surface area contributed by atoms with Crippen LogP contribution in [0, 0.1) is 23.2 Å². The fourth-order valence-electron chi connectivity index (χ4n) is 3.39. The summed E-state index contributed by atoms with van der Waals surface area (Å²) < 4.78 is 5.63. The maximum Gasteiger partial charge on any atom is 0.348 e. The second-order valence-corrected chi connectivity index (χ2v) is 7.51. The summed E-state index contributed by atoms with van der Waals surface area (Å²) in [5.74, 6) is 0.351. The molecule has 1 fully saturated rings. The number of esters is 1. The SMILES string of the molecule is C[C@@H]1CCc2sc(C(=O)O[C@@H]3CCCC[C@H]3C#N)cc2C1. The van der Waals surface area contributed by atoms with Crippen molar-refractivity contribution in [2.75, 3.05) is 0 Å². The van der Waals surface area contributed by atoms with Gasteiger partial charge in [0, 0.05) is 4.88 Å². The molecule has 0 N–H and O–H groups in total. The van der Waals surface area contributed by atoms with Crippen LogP contribution in [0.2, 0.25) is 0 Å².